The first kappa shape index (κ1) is 11.6. The number of nitrogens with two attached hydrogens (primary N) is 2. The monoisotopic (exact) mass is 234 g/mol. The molecule has 0 spiro atoms. The number of rotatable bonds is 3. The molecule has 4 N–H and O–H groups in total. The number of ether oxygens (including phenoxy) is 1. The maximum Gasteiger partial charge on any atom is 0.156 e. The average molecular weight is 235 g/mol. The summed E-state index contributed by atoms with van der Waals surface area (Å²) in [5, 5.41) is 0.887. The van der Waals surface area contributed by atoms with Crippen molar-refractivity contribution in [2.24, 2.45) is 11.5 Å². The molecule has 1 aromatic rings. The highest BCUT2D eigenvalue weighted by Crippen LogP contribution is 2.34. The summed E-state index contributed by atoms with van der Waals surface area (Å²) in [7, 11) is 1.51. The highest BCUT2D eigenvalue weighted by molar-refractivity contribution is 6.37. The van der Waals surface area contributed by atoms with E-state index in [1.165, 1.54) is 7.11 Å². The van der Waals surface area contributed by atoms with Crippen LogP contribution < -0.4 is 16.2 Å². The molecule has 14 heavy (non-hydrogen) atoms. The number of halogens is 2. The molecule has 1 aromatic carbocycles. The molecule has 3 nitrogen and oxygen atoms in total. The number of hydrogen-bond acceptors (Lipinski definition) is 3. The molecule has 78 valence electrons. The van der Waals surface area contributed by atoms with E-state index in [-0.39, 0.29) is 6.04 Å². The van der Waals surface area contributed by atoms with Crippen LogP contribution in [0.3, 0.4) is 0 Å². The van der Waals surface area contributed by atoms with Crippen molar-refractivity contribution in [3.63, 3.8) is 0 Å². The Morgan fingerprint density at radius 2 is 1.86 bits per heavy atom. The van der Waals surface area contributed by atoms with E-state index in [1.807, 2.05) is 0 Å². The number of hydrogen-bond donors (Lipinski definition) is 2. The van der Waals surface area contributed by atoms with Gasteiger partial charge in [0.05, 0.1) is 17.2 Å². The van der Waals surface area contributed by atoms with E-state index in [1.54, 1.807) is 12.1 Å². The lowest BCUT2D eigenvalue weighted by molar-refractivity contribution is 0.415. The Balaban J connectivity index is 3.13. The fourth-order valence-electron chi connectivity index (χ4n) is 1.12. The zero-order valence-electron chi connectivity index (χ0n) is 7.76. The van der Waals surface area contributed by atoms with Crippen LogP contribution in [-0.4, -0.2) is 13.7 Å². The molecule has 0 aromatic heterocycles. The smallest absolute Gasteiger partial charge is 0.156 e. The molecule has 1 rings (SSSR count). The summed E-state index contributed by atoms with van der Waals surface area (Å²) >= 11 is 11.9. The Labute approximate surface area is 92.9 Å². The molecule has 0 saturated heterocycles. The van der Waals surface area contributed by atoms with Gasteiger partial charge in [-0.3, -0.25) is 0 Å². The van der Waals surface area contributed by atoms with Gasteiger partial charge in [-0.2, -0.15) is 0 Å². The van der Waals surface area contributed by atoms with Gasteiger partial charge in [-0.05, 0) is 17.7 Å². The van der Waals surface area contributed by atoms with Crippen molar-refractivity contribution in [3.05, 3.63) is 27.7 Å². The summed E-state index contributed by atoms with van der Waals surface area (Å²) in [4.78, 5) is 0. The first-order chi connectivity index (χ1) is 6.60. The Hall–Kier alpha value is -0.480. The van der Waals surface area contributed by atoms with E-state index in [4.69, 9.17) is 39.4 Å². The highest BCUT2D eigenvalue weighted by atomic mass is 35.5. The fraction of sp³-hybridized carbons (Fsp3) is 0.333. The van der Waals surface area contributed by atoms with Gasteiger partial charge in [-0.15, -0.1) is 0 Å². The van der Waals surface area contributed by atoms with E-state index in [2.05, 4.69) is 0 Å². The summed E-state index contributed by atoms with van der Waals surface area (Å²) < 4.78 is 5.01. The second kappa shape index (κ2) is 4.84. The van der Waals surface area contributed by atoms with Crippen molar-refractivity contribution >= 4 is 23.2 Å². The first-order valence-corrected chi connectivity index (χ1v) is 4.84. The topological polar surface area (TPSA) is 61.3 Å². The van der Waals surface area contributed by atoms with Crippen LogP contribution in [-0.2, 0) is 0 Å². The van der Waals surface area contributed by atoms with Crippen LogP contribution in [0.25, 0.3) is 0 Å². The number of benzene rings is 1. The van der Waals surface area contributed by atoms with Crippen LogP contribution in [0.1, 0.15) is 11.6 Å². The van der Waals surface area contributed by atoms with Crippen molar-refractivity contribution in [2.45, 2.75) is 6.04 Å². The summed E-state index contributed by atoms with van der Waals surface area (Å²) in [6.45, 7) is 0.346. The molecule has 0 aliphatic heterocycles. The Morgan fingerprint density at radius 1 is 1.36 bits per heavy atom. The van der Waals surface area contributed by atoms with E-state index in [0.29, 0.717) is 22.3 Å². The van der Waals surface area contributed by atoms with Gasteiger partial charge in [-0.1, -0.05) is 23.2 Å². The van der Waals surface area contributed by atoms with Gasteiger partial charge in [0.1, 0.15) is 0 Å². The maximum atomic E-state index is 5.93. The minimum atomic E-state index is -0.254. The SMILES string of the molecule is COc1c(Cl)cc([C@H](N)CN)cc1Cl. The van der Waals surface area contributed by atoms with Crippen LogP contribution >= 0.6 is 23.2 Å². The molecule has 0 amide bonds. The third-order valence-corrected chi connectivity index (χ3v) is 2.47. The lowest BCUT2D eigenvalue weighted by Gasteiger charge is -2.12. The molecule has 0 bridgehead atoms. The van der Waals surface area contributed by atoms with Crippen LogP contribution in [0.2, 0.25) is 10.0 Å². The quantitative estimate of drug-likeness (QED) is 0.841. The lowest BCUT2D eigenvalue weighted by Crippen LogP contribution is -2.20. The van der Waals surface area contributed by atoms with Gasteiger partial charge in [0.15, 0.2) is 5.75 Å². The molecule has 0 aliphatic carbocycles. The molecule has 0 heterocycles. The summed E-state index contributed by atoms with van der Waals surface area (Å²) in [6.07, 6.45) is 0. The maximum absolute atomic E-state index is 5.93. The van der Waals surface area contributed by atoms with Crippen molar-refractivity contribution in [2.75, 3.05) is 13.7 Å². The zero-order valence-corrected chi connectivity index (χ0v) is 9.27. The van der Waals surface area contributed by atoms with Crippen molar-refractivity contribution < 1.29 is 4.74 Å². The third-order valence-electron chi connectivity index (χ3n) is 1.91. The van der Waals surface area contributed by atoms with Gasteiger partial charge in [0.25, 0.3) is 0 Å². The first-order valence-electron chi connectivity index (χ1n) is 4.08. The minimum Gasteiger partial charge on any atom is -0.494 e. The second-order valence-corrected chi connectivity index (χ2v) is 3.67. The molecule has 5 heteroatoms. The van der Waals surface area contributed by atoms with Crippen molar-refractivity contribution in [1.29, 1.82) is 0 Å². The molecular formula is C9H12Cl2N2O. The predicted molar refractivity (Wildman–Crippen MR) is 59.0 cm³/mol. The summed E-state index contributed by atoms with van der Waals surface area (Å²) in [6, 6.07) is 3.17. The van der Waals surface area contributed by atoms with Crippen LogP contribution in [0.5, 0.6) is 5.75 Å². The zero-order chi connectivity index (χ0) is 10.7. The van der Waals surface area contributed by atoms with Gasteiger partial charge >= 0.3 is 0 Å². The van der Waals surface area contributed by atoms with E-state index in [0.717, 1.165) is 5.56 Å². The van der Waals surface area contributed by atoms with E-state index in [9.17, 15) is 0 Å². The molecule has 0 fully saturated rings. The molecule has 0 saturated carbocycles. The Kier molecular flexibility index (Phi) is 4.01. The van der Waals surface area contributed by atoms with Gasteiger partial charge in [-0.25, -0.2) is 0 Å². The molecule has 0 radical (unpaired) electrons. The van der Waals surface area contributed by atoms with Gasteiger partial charge in [0, 0.05) is 12.6 Å². The normalized spacial score (nSPS) is 12.6. The van der Waals surface area contributed by atoms with Crippen molar-refractivity contribution in [1.82, 2.24) is 0 Å². The number of methoxy groups -OCH3 is 1. The third kappa shape index (κ3) is 2.30. The molecule has 1 atom stereocenters. The summed E-state index contributed by atoms with van der Waals surface area (Å²) in [5.41, 5.74) is 12.0. The van der Waals surface area contributed by atoms with Crippen LogP contribution in [0, 0.1) is 0 Å². The second-order valence-electron chi connectivity index (χ2n) is 2.86. The van der Waals surface area contributed by atoms with Crippen molar-refractivity contribution in [3.8, 4) is 5.75 Å². The molecule has 0 unspecified atom stereocenters. The lowest BCUT2D eigenvalue weighted by atomic mass is 10.1. The standard InChI is InChI=1S/C9H12Cl2N2O/c1-14-9-6(10)2-5(3-7(9)11)8(13)4-12/h2-3,8H,4,12-13H2,1H3/t8-/m1/s1. The Bertz CT molecular complexity index is 308. The van der Waals surface area contributed by atoms with Crippen LogP contribution in [0.4, 0.5) is 0 Å². The van der Waals surface area contributed by atoms with Gasteiger partial charge < -0.3 is 16.2 Å². The van der Waals surface area contributed by atoms with Crippen LogP contribution in [0.15, 0.2) is 12.1 Å². The van der Waals surface area contributed by atoms with E-state index < -0.39 is 0 Å². The minimum absolute atomic E-state index is 0.254. The van der Waals surface area contributed by atoms with Gasteiger partial charge in [0.2, 0.25) is 0 Å². The summed E-state index contributed by atoms with van der Waals surface area (Å²) in [5.74, 6) is 0.460. The molecule has 0 aliphatic rings. The Morgan fingerprint density at radius 3 is 2.21 bits per heavy atom. The average Bonchev–Trinajstić information content (AvgIpc) is 2.16. The van der Waals surface area contributed by atoms with E-state index >= 15 is 0 Å². The highest BCUT2D eigenvalue weighted by Gasteiger charge is 2.11. The molecular weight excluding hydrogens is 223 g/mol. The largest absolute Gasteiger partial charge is 0.494 e. The predicted octanol–water partition coefficient (Wildman–Crippen LogP) is 1.96. The fourth-order valence-corrected chi connectivity index (χ4v) is 1.78.